The fourth-order valence-electron chi connectivity index (χ4n) is 6.10. The van der Waals surface area contributed by atoms with E-state index in [-0.39, 0.29) is 40.6 Å². The molecule has 2 unspecified atom stereocenters. The van der Waals surface area contributed by atoms with E-state index in [2.05, 4.69) is 48.0 Å². The molecule has 3 aliphatic rings. The first-order valence-electron chi connectivity index (χ1n) is 13.1. The van der Waals surface area contributed by atoms with E-state index in [9.17, 15) is 14.4 Å². The zero-order chi connectivity index (χ0) is 25.2. The lowest BCUT2D eigenvalue weighted by Crippen LogP contribution is -2.58. The van der Waals surface area contributed by atoms with Crippen LogP contribution in [0.25, 0.3) is 0 Å². The number of nitrogens with zero attached hydrogens (tertiary/aromatic N) is 1. The summed E-state index contributed by atoms with van der Waals surface area (Å²) >= 11 is 1.75. The molecule has 2 saturated heterocycles. The summed E-state index contributed by atoms with van der Waals surface area (Å²) in [5.74, 6) is 0.414. The van der Waals surface area contributed by atoms with Crippen molar-refractivity contribution in [1.29, 1.82) is 0 Å². The zero-order valence-electron chi connectivity index (χ0n) is 21.4. The first-order valence-corrected chi connectivity index (χ1v) is 14.2. The smallest absolute Gasteiger partial charge is 0.246 e. The molecule has 7 nitrogen and oxygen atoms in total. The number of benzene rings is 1. The van der Waals surface area contributed by atoms with Crippen LogP contribution < -0.4 is 16.0 Å². The molecule has 0 bridgehead atoms. The third-order valence-electron chi connectivity index (χ3n) is 8.50. The van der Waals surface area contributed by atoms with E-state index >= 15 is 0 Å². The first-order chi connectivity index (χ1) is 16.8. The van der Waals surface area contributed by atoms with Gasteiger partial charge >= 0.3 is 0 Å². The van der Waals surface area contributed by atoms with Crippen molar-refractivity contribution in [1.82, 2.24) is 20.9 Å². The maximum Gasteiger partial charge on any atom is 0.246 e. The minimum absolute atomic E-state index is 0.0281. The van der Waals surface area contributed by atoms with E-state index in [4.69, 9.17) is 0 Å². The number of carbonyl (C=O) groups is 3. The highest BCUT2D eigenvalue weighted by atomic mass is 32.2. The molecule has 5 atom stereocenters. The number of carbonyl (C=O) groups excluding carboxylic acids is 3. The van der Waals surface area contributed by atoms with Crippen LogP contribution in [0.15, 0.2) is 24.3 Å². The van der Waals surface area contributed by atoms with Crippen LogP contribution in [0.5, 0.6) is 0 Å². The SMILES string of the molecule is CCC1(CC)C[C@@H]2SCC[C@H](NC(=O)C(C)NC)C(=O)N2C1C(=O)N[C@@H]1CCCc2ccccc21. The third-order valence-corrected chi connectivity index (χ3v) is 9.75. The van der Waals surface area contributed by atoms with Gasteiger partial charge in [-0.05, 0) is 75.8 Å². The molecular formula is C27H40N4O3S. The van der Waals surface area contributed by atoms with Gasteiger partial charge in [-0.25, -0.2) is 0 Å². The van der Waals surface area contributed by atoms with E-state index in [1.54, 1.807) is 25.7 Å². The maximum absolute atomic E-state index is 14.0. The normalized spacial score (nSPS) is 28.5. The Labute approximate surface area is 213 Å². The fraction of sp³-hybridized carbons (Fsp3) is 0.667. The molecule has 3 N–H and O–H groups in total. The Kier molecular flexibility index (Phi) is 8.11. The van der Waals surface area contributed by atoms with Crippen molar-refractivity contribution in [2.75, 3.05) is 12.8 Å². The number of thioether (sulfide) groups is 1. The van der Waals surface area contributed by atoms with Crippen molar-refractivity contribution in [2.24, 2.45) is 5.41 Å². The van der Waals surface area contributed by atoms with E-state index < -0.39 is 12.1 Å². The Bertz CT molecular complexity index is 950. The average Bonchev–Trinajstić information content (AvgIpc) is 3.14. The van der Waals surface area contributed by atoms with Gasteiger partial charge in [0.1, 0.15) is 12.1 Å². The summed E-state index contributed by atoms with van der Waals surface area (Å²) in [6, 6.07) is 6.80. The van der Waals surface area contributed by atoms with Crippen LogP contribution in [0.2, 0.25) is 0 Å². The minimum Gasteiger partial charge on any atom is -0.347 e. The molecule has 1 aromatic rings. The van der Waals surface area contributed by atoms with Gasteiger partial charge in [0.25, 0.3) is 0 Å². The number of fused-ring (bicyclic) bond motifs is 2. The quantitative estimate of drug-likeness (QED) is 0.535. The summed E-state index contributed by atoms with van der Waals surface area (Å²) in [5.41, 5.74) is 2.23. The second-order valence-corrected chi connectivity index (χ2v) is 11.5. The largest absolute Gasteiger partial charge is 0.347 e. The Hall–Kier alpha value is -2.06. The molecule has 4 rings (SSSR count). The summed E-state index contributed by atoms with van der Waals surface area (Å²) in [6.07, 6.45) is 6.04. The van der Waals surface area contributed by atoms with Crippen LogP contribution in [0.3, 0.4) is 0 Å². The number of aryl methyl sites for hydroxylation is 1. The zero-order valence-corrected chi connectivity index (χ0v) is 22.2. The van der Waals surface area contributed by atoms with Crippen LogP contribution in [0, 0.1) is 5.41 Å². The summed E-state index contributed by atoms with van der Waals surface area (Å²) in [7, 11) is 1.73. The number of rotatable bonds is 7. The predicted octanol–water partition coefficient (Wildman–Crippen LogP) is 3.14. The molecule has 192 valence electrons. The molecule has 35 heavy (non-hydrogen) atoms. The highest BCUT2D eigenvalue weighted by Gasteiger charge is 2.57. The second kappa shape index (κ2) is 10.9. The number of hydrogen-bond donors (Lipinski definition) is 3. The second-order valence-electron chi connectivity index (χ2n) is 10.3. The van der Waals surface area contributed by atoms with Gasteiger partial charge in [-0.1, -0.05) is 38.1 Å². The van der Waals surface area contributed by atoms with E-state index in [1.165, 1.54) is 11.1 Å². The molecule has 0 spiro atoms. The van der Waals surface area contributed by atoms with E-state index in [0.29, 0.717) is 6.42 Å². The summed E-state index contributed by atoms with van der Waals surface area (Å²) in [4.78, 5) is 42.4. The van der Waals surface area contributed by atoms with Crippen LogP contribution in [-0.4, -0.2) is 58.9 Å². The summed E-state index contributed by atoms with van der Waals surface area (Å²) < 4.78 is 0. The standard InChI is InChI=1S/C27H40N4O3S/c1-5-27(6-2)16-22-31(26(34)21(14-15-35-22)30-24(32)17(3)28-4)23(27)25(33)29-20-13-9-11-18-10-7-8-12-19(18)20/h7-8,10,12,17,20-23,28H,5-6,9,11,13-16H2,1-4H3,(H,29,33)(H,30,32)/t17?,20-,21+,22+,23?/m1/s1. The highest BCUT2D eigenvalue weighted by molar-refractivity contribution is 7.99. The van der Waals surface area contributed by atoms with Crippen molar-refractivity contribution >= 4 is 29.5 Å². The predicted molar refractivity (Wildman–Crippen MR) is 140 cm³/mol. The van der Waals surface area contributed by atoms with Gasteiger partial charge in [0.05, 0.1) is 17.5 Å². The van der Waals surface area contributed by atoms with Gasteiger partial charge in [0.15, 0.2) is 0 Å². The van der Waals surface area contributed by atoms with Crippen LogP contribution in [0.4, 0.5) is 0 Å². The lowest BCUT2D eigenvalue weighted by Gasteiger charge is -2.38. The van der Waals surface area contributed by atoms with Gasteiger partial charge in [-0.3, -0.25) is 14.4 Å². The van der Waals surface area contributed by atoms with Gasteiger partial charge in [-0.2, -0.15) is 0 Å². The molecule has 0 aromatic heterocycles. The summed E-state index contributed by atoms with van der Waals surface area (Å²) in [5, 5.41) is 9.20. The number of hydrogen-bond acceptors (Lipinski definition) is 5. The van der Waals surface area contributed by atoms with Gasteiger partial charge in [0.2, 0.25) is 17.7 Å². The molecule has 0 saturated carbocycles. The fourth-order valence-corrected chi connectivity index (χ4v) is 7.58. The molecule has 1 aliphatic carbocycles. The van der Waals surface area contributed by atoms with Gasteiger partial charge in [0, 0.05) is 5.41 Å². The van der Waals surface area contributed by atoms with Gasteiger partial charge < -0.3 is 20.9 Å². The lowest BCUT2D eigenvalue weighted by molar-refractivity contribution is -0.144. The highest BCUT2D eigenvalue weighted by Crippen LogP contribution is 2.50. The van der Waals surface area contributed by atoms with Gasteiger partial charge in [-0.15, -0.1) is 11.8 Å². The molecule has 0 radical (unpaired) electrons. The third kappa shape index (κ3) is 4.96. The number of likely N-dealkylation sites (N-methyl/N-ethyl adjacent to an activating group) is 1. The Morgan fingerprint density at radius 3 is 2.60 bits per heavy atom. The number of amides is 3. The first kappa shape index (κ1) is 26.0. The molecule has 8 heteroatoms. The summed E-state index contributed by atoms with van der Waals surface area (Å²) in [6.45, 7) is 6.05. The van der Waals surface area contributed by atoms with E-state index in [0.717, 1.165) is 44.3 Å². The Morgan fingerprint density at radius 1 is 1.14 bits per heavy atom. The van der Waals surface area contributed by atoms with E-state index in [1.807, 2.05) is 11.0 Å². The van der Waals surface area contributed by atoms with Crippen molar-refractivity contribution in [3.05, 3.63) is 35.4 Å². The molecule has 3 amide bonds. The Morgan fingerprint density at radius 2 is 1.89 bits per heavy atom. The minimum atomic E-state index is -0.606. The maximum atomic E-state index is 14.0. The van der Waals surface area contributed by atoms with Crippen LogP contribution >= 0.6 is 11.8 Å². The van der Waals surface area contributed by atoms with Crippen molar-refractivity contribution < 1.29 is 14.4 Å². The molecule has 2 aliphatic heterocycles. The average molecular weight is 501 g/mol. The van der Waals surface area contributed by atoms with Crippen molar-refractivity contribution in [3.8, 4) is 0 Å². The van der Waals surface area contributed by atoms with Crippen LogP contribution in [-0.2, 0) is 20.8 Å². The molecular weight excluding hydrogens is 460 g/mol. The van der Waals surface area contributed by atoms with Crippen molar-refractivity contribution in [2.45, 2.75) is 95.3 Å². The number of nitrogens with one attached hydrogen (secondary N) is 3. The van der Waals surface area contributed by atoms with Crippen LogP contribution in [0.1, 0.15) is 76.5 Å². The monoisotopic (exact) mass is 500 g/mol. The molecule has 1 aromatic carbocycles. The lowest BCUT2D eigenvalue weighted by atomic mass is 9.74. The Balaban J connectivity index is 1.62. The molecule has 2 heterocycles. The molecule has 2 fully saturated rings. The van der Waals surface area contributed by atoms with Crippen molar-refractivity contribution in [3.63, 3.8) is 0 Å². The topological polar surface area (TPSA) is 90.5 Å².